The molecular formula is C31H41N3O6S. The molecule has 2 N–H and O–H groups in total. The first-order chi connectivity index (χ1) is 19.2. The second-order valence-electron chi connectivity index (χ2n) is 12.5. The second kappa shape index (κ2) is 12.3. The third-order valence-electron chi connectivity index (χ3n) is 6.67. The summed E-state index contributed by atoms with van der Waals surface area (Å²) in [4.78, 5) is 43.1. The Morgan fingerprint density at radius 2 is 1.63 bits per heavy atom. The van der Waals surface area contributed by atoms with Crippen molar-refractivity contribution >= 4 is 46.9 Å². The minimum atomic E-state index is -1.03. The van der Waals surface area contributed by atoms with Crippen LogP contribution in [0, 0.1) is 0 Å². The van der Waals surface area contributed by atoms with E-state index in [0.29, 0.717) is 28.4 Å². The molecule has 41 heavy (non-hydrogen) atoms. The third kappa shape index (κ3) is 8.16. The van der Waals surface area contributed by atoms with Crippen LogP contribution in [-0.4, -0.2) is 64.9 Å². The standard InChI is InChI=1S/C31H41N3O6S/c1-30(2,3)39-26(35)12-9-15-33-16-13-21(14-17-33)32-22-18-20(28(36)37)19-25-27(22)34(29(38)40-31(4,5)6)23-10-7-8-11-24(23)41-25/h7-8,10-11,18-19,21,32H,9,12-17H2,1-6H3,(H,36,37). The van der Waals surface area contributed by atoms with Gasteiger partial charge in [0.1, 0.15) is 11.2 Å². The average molecular weight is 584 g/mol. The fourth-order valence-electron chi connectivity index (χ4n) is 4.97. The number of carbonyl (C=O) groups is 3. The highest BCUT2D eigenvalue weighted by atomic mass is 32.2. The van der Waals surface area contributed by atoms with Gasteiger partial charge in [0.15, 0.2) is 0 Å². The molecule has 0 saturated carbocycles. The maximum Gasteiger partial charge on any atom is 0.419 e. The average Bonchev–Trinajstić information content (AvgIpc) is 2.86. The quantitative estimate of drug-likeness (QED) is 0.336. The van der Waals surface area contributed by atoms with Crippen molar-refractivity contribution in [3.63, 3.8) is 0 Å². The molecule has 2 aromatic carbocycles. The molecule has 1 amide bonds. The number of nitrogens with zero attached hydrogens (tertiary/aromatic N) is 2. The van der Waals surface area contributed by atoms with Gasteiger partial charge >= 0.3 is 18.0 Å². The van der Waals surface area contributed by atoms with Crippen molar-refractivity contribution in [1.29, 1.82) is 0 Å². The van der Waals surface area contributed by atoms with Gasteiger partial charge in [-0.15, -0.1) is 0 Å². The zero-order chi connectivity index (χ0) is 29.9. The fourth-order valence-corrected chi connectivity index (χ4v) is 6.11. The normalized spacial score (nSPS) is 16.0. The Balaban J connectivity index is 1.52. The van der Waals surface area contributed by atoms with Crippen molar-refractivity contribution in [2.45, 2.75) is 94.3 Å². The molecule has 10 heteroatoms. The number of esters is 1. The number of benzene rings is 2. The number of rotatable bonds is 7. The number of nitrogens with one attached hydrogen (secondary N) is 1. The number of hydrogen-bond donors (Lipinski definition) is 2. The second-order valence-corrected chi connectivity index (χ2v) is 13.6. The molecule has 1 saturated heterocycles. The molecule has 0 aromatic heterocycles. The Hall–Kier alpha value is -3.24. The van der Waals surface area contributed by atoms with Gasteiger partial charge in [-0.1, -0.05) is 23.9 Å². The largest absolute Gasteiger partial charge is 0.478 e. The van der Waals surface area contributed by atoms with Crippen molar-refractivity contribution in [2.24, 2.45) is 0 Å². The Morgan fingerprint density at radius 3 is 2.27 bits per heavy atom. The van der Waals surface area contributed by atoms with Crippen LogP contribution >= 0.6 is 11.8 Å². The molecule has 0 aliphatic carbocycles. The van der Waals surface area contributed by atoms with Crippen LogP contribution in [0.2, 0.25) is 0 Å². The van der Waals surface area contributed by atoms with Gasteiger partial charge in [-0.3, -0.25) is 4.79 Å². The molecule has 4 rings (SSSR count). The number of ether oxygens (including phenoxy) is 2. The number of hydrogen-bond acceptors (Lipinski definition) is 8. The minimum absolute atomic E-state index is 0.0907. The van der Waals surface area contributed by atoms with E-state index in [1.54, 1.807) is 17.0 Å². The number of likely N-dealkylation sites (tertiary alicyclic amines) is 1. The van der Waals surface area contributed by atoms with Gasteiger partial charge in [-0.2, -0.15) is 0 Å². The smallest absolute Gasteiger partial charge is 0.419 e. The molecule has 1 fully saturated rings. The summed E-state index contributed by atoms with van der Waals surface area (Å²) in [5.74, 6) is -1.20. The van der Waals surface area contributed by atoms with Crippen LogP contribution in [0.5, 0.6) is 0 Å². The fraction of sp³-hybridized carbons (Fsp3) is 0.516. The molecule has 0 radical (unpaired) electrons. The molecule has 0 bridgehead atoms. The third-order valence-corrected chi connectivity index (χ3v) is 7.77. The van der Waals surface area contributed by atoms with E-state index in [1.807, 2.05) is 65.8 Å². The number of carbonyl (C=O) groups excluding carboxylic acids is 2. The summed E-state index contributed by atoms with van der Waals surface area (Å²) < 4.78 is 11.2. The molecule has 222 valence electrons. The maximum absolute atomic E-state index is 13.6. The summed E-state index contributed by atoms with van der Waals surface area (Å²) in [5.41, 5.74) is 0.871. The van der Waals surface area contributed by atoms with Crippen LogP contribution in [-0.2, 0) is 14.3 Å². The van der Waals surface area contributed by atoms with Gasteiger partial charge in [-0.05, 0) is 91.6 Å². The van der Waals surface area contributed by atoms with Gasteiger partial charge < -0.3 is 24.8 Å². The lowest BCUT2D eigenvalue weighted by molar-refractivity contribution is -0.155. The van der Waals surface area contributed by atoms with Crippen LogP contribution in [0.1, 0.15) is 77.6 Å². The molecule has 0 atom stereocenters. The predicted molar refractivity (Wildman–Crippen MR) is 161 cm³/mol. The first-order valence-corrected chi connectivity index (χ1v) is 14.9. The number of aromatic carboxylic acids is 1. The van der Waals surface area contributed by atoms with E-state index in [0.717, 1.165) is 43.8 Å². The zero-order valence-electron chi connectivity index (χ0n) is 24.8. The minimum Gasteiger partial charge on any atom is -0.478 e. The molecule has 2 aliphatic rings. The SMILES string of the molecule is CC(C)(C)OC(=O)CCCN1CCC(Nc2cc(C(=O)O)cc3c2N(C(=O)OC(C)(C)C)c2ccccc2S3)CC1. The Labute approximate surface area is 246 Å². The van der Waals surface area contributed by atoms with Crippen LogP contribution < -0.4 is 10.2 Å². The van der Waals surface area contributed by atoms with Crippen molar-refractivity contribution in [3.05, 3.63) is 42.0 Å². The first-order valence-electron chi connectivity index (χ1n) is 14.1. The number of piperidine rings is 1. The highest BCUT2D eigenvalue weighted by Crippen LogP contribution is 2.52. The van der Waals surface area contributed by atoms with E-state index < -0.39 is 23.3 Å². The Kier molecular flexibility index (Phi) is 9.23. The van der Waals surface area contributed by atoms with Gasteiger partial charge in [0.05, 0.1) is 22.6 Å². The summed E-state index contributed by atoms with van der Waals surface area (Å²) in [6.45, 7) is 13.6. The monoisotopic (exact) mass is 583 g/mol. The van der Waals surface area contributed by atoms with E-state index >= 15 is 0 Å². The molecular weight excluding hydrogens is 542 g/mol. The molecule has 2 aromatic rings. The van der Waals surface area contributed by atoms with Gasteiger partial charge in [-0.25, -0.2) is 14.5 Å². The number of carboxylic acids is 1. The Morgan fingerprint density at radius 1 is 0.976 bits per heavy atom. The van der Waals surface area contributed by atoms with Crippen LogP contribution in [0.15, 0.2) is 46.2 Å². The van der Waals surface area contributed by atoms with Gasteiger partial charge in [0, 0.05) is 35.3 Å². The van der Waals surface area contributed by atoms with Crippen LogP contribution in [0.3, 0.4) is 0 Å². The lowest BCUT2D eigenvalue weighted by Crippen LogP contribution is -2.40. The molecule has 0 spiro atoms. The molecule has 2 heterocycles. The number of amides is 1. The number of anilines is 3. The summed E-state index contributed by atoms with van der Waals surface area (Å²) in [5, 5.41) is 13.5. The molecule has 0 unspecified atom stereocenters. The van der Waals surface area contributed by atoms with Crippen molar-refractivity contribution in [1.82, 2.24) is 4.90 Å². The van der Waals surface area contributed by atoms with Crippen molar-refractivity contribution < 1.29 is 29.0 Å². The van der Waals surface area contributed by atoms with Crippen molar-refractivity contribution in [3.8, 4) is 0 Å². The van der Waals surface area contributed by atoms with Crippen LogP contribution in [0.4, 0.5) is 21.9 Å². The number of carboxylic acid groups (broad SMARTS) is 1. The summed E-state index contributed by atoms with van der Waals surface area (Å²) in [7, 11) is 0. The van der Waals surface area contributed by atoms with Crippen molar-refractivity contribution in [2.75, 3.05) is 29.9 Å². The summed E-state index contributed by atoms with van der Waals surface area (Å²) in [6, 6.07) is 10.9. The van der Waals surface area contributed by atoms with E-state index in [9.17, 15) is 19.5 Å². The first kappa shape index (κ1) is 30.7. The molecule has 9 nitrogen and oxygen atoms in total. The highest BCUT2D eigenvalue weighted by molar-refractivity contribution is 7.99. The maximum atomic E-state index is 13.6. The molecule has 2 aliphatic heterocycles. The predicted octanol–water partition coefficient (Wildman–Crippen LogP) is 6.92. The van der Waals surface area contributed by atoms with Gasteiger partial charge in [0.25, 0.3) is 0 Å². The summed E-state index contributed by atoms with van der Waals surface area (Å²) in [6.07, 6.45) is 2.30. The van der Waals surface area contributed by atoms with E-state index in [1.165, 1.54) is 11.8 Å². The Bertz CT molecular complexity index is 1290. The number of fused-ring (bicyclic) bond motifs is 2. The lowest BCUT2D eigenvalue weighted by atomic mass is 10.0. The number of para-hydroxylation sites is 1. The van der Waals surface area contributed by atoms with E-state index in [2.05, 4.69) is 10.2 Å². The highest BCUT2D eigenvalue weighted by Gasteiger charge is 2.35. The lowest BCUT2D eigenvalue weighted by Gasteiger charge is -2.37. The zero-order valence-corrected chi connectivity index (χ0v) is 25.6. The van der Waals surface area contributed by atoms with Crippen LogP contribution in [0.25, 0.3) is 0 Å². The van der Waals surface area contributed by atoms with E-state index in [4.69, 9.17) is 9.47 Å². The van der Waals surface area contributed by atoms with E-state index in [-0.39, 0.29) is 17.6 Å². The topological polar surface area (TPSA) is 108 Å². The summed E-state index contributed by atoms with van der Waals surface area (Å²) >= 11 is 1.45. The van der Waals surface area contributed by atoms with Gasteiger partial charge in [0.2, 0.25) is 0 Å².